The van der Waals surface area contributed by atoms with E-state index in [2.05, 4.69) is 25.0 Å². The zero-order valence-electron chi connectivity index (χ0n) is 13.8. The SMILES string of the molecule is Cc1nn(Cc2nc(N)nc(N3CCCCC3)n2)c(C)c1[N+](=O)[O-]. The van der Waals surface area contributed by atoms with Gasteiger partial charge in [0, 0.05) is 13.1 Å². The van der Waals surface area contributed by atoms with E-state index in [1.807, 2.05) is 0 Å². The third-order valence-corrected chi connectivity index (χ3v) is 4.14. The molecule has 0 aliphatic carbocycles. The summed E-state index contributed by atoms with van der Waals surface area (Å²) in [6.07, 6.45) is 3.41. The van der Waals surface area contributed by atoms with Crippen LogP contribution in [0.25, 0.3) is 0 Å². The van der Waals surface area contributed by atoms with E-state index in [1.165, 1.54) is 11.1 Å². The highest BCUT2D eigenvalue weighted by atomic mass is 16.6. The molecular formula is C14H20N8O2. The molecule has 128 valence electrons. The van der Waals surface area contributed by atoms with E-state index in [1.54, 1.807) is 13.8 Å². The van der Waals surface area contributed by atoms with Crippen molar-refractivity contribution < 1.29 is 4.92 Å². The molecule has 0 radical (unpaired) electrons. The molecule has 10 heteroatoms. The molecule has 0 bridgehead atoms. The molecule has 1 fully saturated rings. The van der Waals surface area contributed by atoms with Crippen LogP contribution in [-0.2, 0) is 6.54 Å². The highest BCUT2D eigenvalue weighted by molar-refractivity contribution is 5.40. The first-order valence-corrected chi connectivity index (χ1v) is 7.89. The van der Waals surface area contributed by atoms with Crippen LogP contribution >= 0.6 is 0 Å². The number of nitrogen functional groups attached to an aromatic ring is 1. The van der Waals surface area contributed by atoms with Crippen molar-refractivity contribution in [2.75, 3.05) is 23.7 Å². The average Bonchev–Trinajstić information content (AvgIpc) is 2.81. The van der Waals surface area contributed by atoms with E-state index >= 15 is 0 Å². The molecule has 2 aromatic heterocycles. The molecule has 0 saturated carbocycles. The number of nitrogens with two attached hydrogens (primary N) is 1. The molecule has 2 N–H and O–H groups in total. The van der Waals surface area contributed by atoms with Crippen molar-refractivity contribution in [1.82, 2.24) is 24.7 Å². The molecule has 3 heterocycles. The fourth-order valence-electron chi connectivity index (χ4n) is 2.97. The third-order valence-electron chi connectivity index (χ3n) is 4.14. The fraction of sp³-hybridized carbons (Fsp3) is 0.571. The minimum atomic E-state index is -0.422. The Morgan fingerprint density at radius 3 is 2.50 bits per heavy atom. The number of aryl methyl sites for hydroxylation is 1. The Labute approximate surface area is 138 Å². The van der Waals surface area contributed by atoms with Crippen LogP contribution in [0.4, 0.5) is 17.6 Å². The molecule has 1 aliphatic heterocycles. The van der Waals surface area contributed by atoms with Gasteiger partial charge in [-0.15, -0.1) is 0 Å². The Kier molecular flexibility index (Phi) is 4.28. The Hall–Kier alpha value is -2.78. The molecule has 0 unspecified atom stereocenters. The highest BCUT2D eigenvalue weighted by Gasteiger charge is 2.23. The lowest BCUT2D eigenvalue weighted by molar-refractivity contribution is -0.386. The second kappa shape index (κ2) is 6.38. The van der Waals surface area contributed by atoms with Crippen LogP contribution in [0.3, 0.4) is 0 Å². The normalized spacial score (nSPS) is 14.8. The average molecular weight is 332 g/mol. The summed E-state index contributed by atoms with van der Waals surface area (Å²) in [6, 6.07) is 0. The number of nitro groups is 1. The molecular weight excluding hydrogens is 312 g/mol. The standard InChI is InChI=1S/C14H20N8O2/c1-9-12(22(23)24)10(2)21(19-9)8-11-16-13(15)18-14(17-11)20-6-4-3-5-7-20/h3-8H2,1-2H3,(H2,15,16,17,18). The summed E-state index contributed by atoms with van der Waals surface area (Å²) in [7, 11) is 0. The summed E-state index contributed by atoms with van der Waals surface area (Å²) in [5, 5.41) is 15.3. The van der Waals surface area contributed by atoms with Gasteiger partial charge in [-0.3, -0.25) is 14.8 Å². The maximum absolute atomic E-state index is 11.1. The van der Waals surface area contributed by atoms with Crippen LogP contribution in [0.2, 0.25) is 0 Å². The van der Waals surface area contributed by atoms with E-state index in [4.69, 9.17) is 5.73 Å². The van der Waals surface area contributed by atoms with Gasteiger partial charge in [0.15, 0.2) is 5.82 Å². The Balaban J connectivity index is 1.89. The van der Waals surface area contributed by atoms with E-state index in [0.717, 1.165) is 25.9 Å². The van der Waals surface area contributed by atoms with Gasteiger partial charge in [0.25, 0.3) is 0 Å². The quantitative estimate of drug-likeness (QED) is 0.653. The van der Waals surface area contributed by atoms with Gasteiger partial charge in [-0.25, -0.2) is 0 Å². The van der Waals surface area contributed by atoms with Crippen molar-refractivity contribution in [3.8, 4) is 0 Å². The predicted molar refractivity (Wildman–Crippen MR) is 87.8 cm³/mol. The molecule has 2 aromatic rings. The number of hydrogen-bond acceptors (Lipinski definition) is 8. The first kappa shape index (κ1) is 16.1. The number of piperidine rings is 1. The molecule has 1 aliphatic rings. The maximum Gasteiger partial charge on any atom is 0.312 e. The first-order valence-electron chi connectivity index (χ1n) is 7.89. The van der Waals surface area contributed by atoms with Crippen molar-refractivity contribution in [2.24, 2.45) is 0 Å². The molecule has 1 saturated heterocycles. The van der Waals surface area contributed by atoms with Crippen molar-refractivity contribution in [3.05, 3.63) is 27.3 Å². The summed E-state index contributed by atoms with van der Waals surface area (Å²) < 4.78 is 1.53. The molecule has 0 spiro atoms. The summed E-state index contributed by atoms with van der Waals surface area (Å²) in [5.74, 6) is 1.16. The van der Waals surface area contributed by atoms with Crippen LogP contribution in [0.5, 0.6) is 0 Å². The van der Waals surface area contributed by atoms with Gasteiger partial charge in [-0.05, 0) is 33.1 Å². The van der Waals surface area contributed by atoms with E-state index in [0.29, 0.717) is 23.2 Å². The van der Waals surface area contributed by atoms with Crippen molar-refractivity contribution in [2.45, 2.75) is 39.7 Å². The minimum absolute atomic E-state index is 0.0216. The van der Waals surface area contributed by atoms with Crippen molar-refractivity contribution in [1.29, 1.82) is 0 Å². The molecule has 0 amide bonds. The van der Waals surface area contributed by atoms with Crippen molar-refractivity contribution in [3.63, 3.8) is 0 Å². The van der Waals surface area contributed by atoms with Gasteiger partial charge < -0.3 is 10.6 Å². The topological polar surface area (TPSA) is 129 Å². The van der Waals surface area contributed by atoms with Gasteiger partial charge in [-0.2, -0.15) is 20.1 Å². The van der Waals surface area contributed by atoms with Crippen LogP contribution in [0, 0.1) is 24.0 Å². The summed E-state index contributed by atoms with van der Waals surface area (Å²) in [6.45, 7) is 5.29. The van der Waals surface area contributed by atoms with Crippen molar-refractivity contribution >= 4 is 17.6 Å². The summed E-state index contributed by atoms with van der Waals surface area (Å²) in [5.41, 5.74) is 6.68. The minimum Gasteiger partial charge on any atom is -0.368 e. The van der Waals surface area contributed by atoms with Crippen LogP contribution in [0.15, 0.2) is 0 Å². The number of aromatic nitrogens is 5. The lowest BCUT2D eigenvalue weighted by atomic mass is 10.1. The van der Waals surface area contributed by atoms with Crippen LogP contribution < -0.4 is 10.6 Å². The van der Waals surface area contributed by atoms with Gasteiger partial charge >= 0.3 is 5.69 Å². The van der Waals surface area contributed by atoms with Crippen LogP contribution in [-0.4, -0.2) is 42.7 Å². The molecule has 3 rings (SSSR count). The Bertz CT molecular complexity index is 766. The molecule has 10 nitrogen and oxygen atoms in total. The smallest absolute Gasteiger partial charge is 0.312 e. The van der Waals surface area contributed by atoms with E-state index in [9.17, 15) is 10.1 Å². The summed E-state index contributed by atoms with van der Waals surface area (Å²) in [4.78, 5) is 25.6. The predicted octanol–water partition coefficient (Wildman–Crippen LogP) is 1.21. The number of hydrogen-bond donors (Lipinski definition) is 1. The molecule has 24 heavy (non-hydrogen) atoms. The number of nitrogens with zero attached hydrogens (tertiary/aromatic N) is 7. The molecule has 0 atom stereocenters. The monoisotopic (exact) mass is 332 g/mol. The zero-order valence-corrected chi connectivity index (χ0v) is 13.8. The first-order chi connectivity index (χ1) is 11.5. The zero-order chi connectivity index (χ0) is 17.3. The lowest BCUT2D eigenvalue weighted by Crippen LogP contribution is -2.31. The van der Waals surface area contributed by atoms with E-state index in [-0.39, 0.29) is 18.2 Å². The fourth-order valence-corrected chi connectivity index (χ4v) is 2.97. The largest absolute Gasteiger partial charge is 0.368 e. The summed E-state index contributed by atoms with van der Waals surface area (Å²) >= 11 is 0. The van der Waals surface area contributed by atoms with Crippen LogP contribution in [0.1, 0.15) is 36.5 Å². The Morgan fingerprint density at radius 2 is 1.88 bits per heavy atom. The maximum atomic E-state index is 11.1. The second-order valence-corrected chi connectivity index (χ2v) is 5.89. The number of rotatable bonds is 4. The van der Waals surface area contributed by atoms with Gasteiger partial charge in [-0.1, -0.05) is 0 Å². The van der Waals surface area contributed by atoms with Gasteiger partial charge in [0.05, 0.1) is 4.92 Å². The Morgan fingerprint density at radius 1 is 1.17 bits per heavy atom. The second-order valence-electron chi connectivity index (χ2n) is 5.89. The van der Waals surface area contributed by atoms with Gasteiger partial charge in [0.2, 0.25) is 11.9 Å². The lowest BCUT2D eigenvalue weighted by Gasteiger charge is -2.26. The number of anilines is 2. The van der Waals surface area contributed by atoms with Gasteiger partial charge in [0.1, 0.15) is 17.9 Å². The highest BCUT2D eigenvalue weighted by Crippen LogP contribution is 2.22. The van der Waals surface area contributed by atoms with E-state index < -0.39 is 4.92 Å². The molecule has 0 aromatic carbocycles. The third kappa shape index (κ3) is 3.12.